The van der Waals surface area contributed by atoms with Gasteiger partial charge in [-0.3, -0.25) is 10.1 Å². The Labute approximate surface area is 190 Å². The molecule has 5 heteroatoms. The molecule has 0 spiro atoms. The molecule has 162 valence electrons. The van der Waals surface area contributed by atoms with Crippen molar-refractivity contribution in [3.63, 3.8) is 0 Å². The van der Waals surface area contributed by atoms with Crippen LogP contribution in [0.3, 0.4) is 0 Å². The number of benzene rings is 2. The quantitative estimate of drug-likeness (QED) is 0.504. The normalized spacial score (nSPS) is 20.3. The van der Waals surface area contributed by atoms with Crippen LogP contribution in [0, 0.1) is 6.92 Å². The van der Waals surface area contributed by atoms with Gasteiger partial charge in [0.1, 0.15) is 11.4 Å². The summed E-state index contributed by atoms with van der Waals surface area (Å²) in [5, 5.41) is 5.85. The maximum absolute atomic E-state index is 12.1. The fraction of sp³-hybridized carbons (Fsp3) is 0.385. The lowest BCUT2D eigenvalue weighted by Gasteiger charge is -2.42. The Hall–Kier alpha value is -2.66. The van der Waals surface area contributed by atoms with E-state index >= 15 is 0 Å². The van der Waals surface area contributed by atoms with Crippen molar-refractivity contribution in [1.82, 2.24) is 10.6 Å². The molecule has 0 unspecified atom stereocenters. The molecule has 1 saturated heterocycles. The summed E-state index contributed by atoms with van der Waals surface area (Å²) in [4.78, 5) is 12.1. The van der Waals surface area contributed by atoms with Crippen molar-refractivity contribution in [2.24, 2.45) is 0 Å². The number of methoxy groups -OCH3 is 1. The number of fused-ring (bicyclic) bond motifs is 1. The first-order valence-corrected chi connectivity index (χ1v) is 11.1. The summed E-state index contributed by atoms with van der Waals surface area (Å²) in [6.07, 6.45) is 4.17. The molecular weight excluding hydrogens is 404 g/mol. The summed E-state index contributed by atoms with van der Waals surface area (Å²) in [5.74, 6) is 0.605. The highest BCUT2D eigenvalue weighted by Crippen LogP contribution is 2.48. The van der Waals surface area contributed by atoms with Crippen LogP contribution in [0.2, 0.25) is 0 Å². The Morgan fingerprint density at radius 3 is 2.19 bits per heavy atom. The van der Waals surface area contributed by atoms with Gasteiger partial charge in [-0.1, -0.05) is 39.8 Å². The number of rotatable bonds is 3. The number of amides is 1. The predicted molar refractivity (Wildman–Crippen MR) is 130 cm³/mol. The molecule has 31 heavy (non-hydrogen) atoms. The number of thiocarbonyl (C=S) groups is 1. The summed E-state index contributed by atoms with van der Waals surface area (Å²) in [5.41, 5.74) is 7.94. The minimum Gasteiger partial charge on any atom is -0.496 e. The average molecular weight is 435 g/mol. The fourth-order valence-electron chi connectivity index (χ4n) is 4.69. The van der Waals surface area contributed by atoms with E-state index in [0.717, 1.165) is 16.9 Å². The summed E-state index contributed by atoms with van der Waals surface area (Å²) in [6, 6.07) is 10.7. The molecule has 0 aromatic heterocycles. The van der Waals surface area contributed by atoms with Crippen molar-refractivity contribution < 1.29 is 9.53 Å². The van der Waals surface area contributed by atoms with Crippen molar-refractivity contribution in [3.05, 3.63) is 58.3 Å². The van der Waals surface area contributed by atoms with Crippen molar-refractivity contribution in [2.45, 2.75) is 58.3 Å². The lowest BCUT2D eigenvalue weighted by Crippen LogP contribution is -2.34. The number of hydrogen-bond acceptors (Lipinski definition) is 3. The van der Waals surface area contributed by atoms with Gasteiger partial charge in [-0.15, -0.1) is 0 Å². The van der Waals surface area contributed by atoms with Crippen LogP contribution in [0.15, 0.2) is 36.0 Å². The zero-order valence-electron chi connectivity index (χ0n) is 19.1. The Balaban J connectivity index is 1.87. The van der Waals surface area contributed by atoms with E-state index in [2.05, 4.69) is 63.5 Å². The number of ether oxygens (including phenoxy) is 1. The molecule has 4 nitrogen and oxygen atoms in total. The number of nitrogens with one attached hydrogen (secondary N) is 2. The predicted octanol–water partition coefficient (Wildman–Crippen LogP) is 5.36. The molecule has 1 amide bonds. The Morgan fingerprint density at radius 2 is 1.61 bits per heavy atom. The molecule has 1 aliphatic heterocycles. The van der Waals surface area contributed by atoms with Crippen molar-refractivity contribution in [1.29, 1.82) is 0 Å². The number of hydrogen-bond donors (Lipinski definition) is 2. The third-order valence-electron chi connectivity index (χ3n) is 6.74. The van der Waals surface area contributed by atoms with Gasteiger partial charge < -0.3 is 10.1 Å². The Morgan fingerprint density at radius 1 is 0.968 bits per heavy atom. The molecule has 2 aromatic carbocycles. The van der Waals surface area contributed by atoms with Crippen LogP contribution >= 0.6 is 12.2 Å². The summed E-state index contributed by atoms with van der Waals surface area (Å²) in [6.45, 7) is 11.5. The first-order chi connectivity index (χ1) is 14.5. The lowest BCUT2D eigenvalue weighted by atomic mass is 9.62. The van der Waals surface area contributed by atoms with Crippen LogP contribution < -0.4 is 15.4 Å². The second-order valence-corrected chi connectivity index (χ2v) is 10.3. The van der Waals surface area contributed by atoms with Gasteiger partial charge in [0.05, 0.1) is 7.11 Å². The monoisotopic (exact) mass is 434 g/mol. The van der Waals surface area contributed by atoms with Crippen LogP contribution in [0.1, 0.15) is 62.8 Å². The summed E-state index contributed by atoms with van der Waals surface area (Å²) < 4.78 is 5.72. The van der Waals surface area contributed by atoms with Gasteiger partial charge in [0, 0.05) is 5.56 Å². The molecule has 0 saturated carbocycles. The Bertz CT molecular complexity index is 1130. The molecule has 2 aliphatic rings. The van der Waals surface area contributed by atoms with Gasteiger partial charge in [-0.05, 0) is 94.9 Å². The molecule has 0 radical (unpaired) electrons. The second kappa shape index (κ2) is 7.49. The molecule has 2 aromatic rings. The van der Waals surface area contributed by atoms with Gasteiger partial charge in [-0.25, -0.2) is 0 Å². The van der Waals surface area contributed by atoms with Gasteiger partial charge in [0.2, 0.25) is 0 Å². The molecule has 0 atom stereocenters. The van der Waals surface area contributed by atoms with Gasteiger partial charge in [-0.2, -0.15) is 0 Å². The molecule has 1 fully saturated rings. The zero-order chi connectivity index (χ0) is 22.6. The summed E-state index contributed by atoms with van der Waals surface area (Å²) in [7, 11) is 1.70. The highest BCUT2D eigenvalue weighted by molar-refractivity contribution is 7.80. The van der Waals surface area contributed by atoms with Crippen LogP contribution in [-0.4, -0.2) is 18.1 Å². The van der Waals surface area contributed by atoms with Crippen molar-refractivity contribution in [3.8, 4) is 16.9 Å². The minimum absolute atomic E-state index is 0.127. The van der Waals surface area contributed by atoms with E-state index in [-0.39, 0.29) is 16.7 Å². The standard InChI is InChI=1S/C26H30N2O2S/c1-15-11-19-20(26(4,5)10-9-25(19,2)3)14-17(15)18-12-16(7-8-22(18)30-6)13-21-23(29)28-24(31)27-21/h7-8,11-14H,9-10H2,1-6H3,(H2,27,28,29,31)/b21-13-. The first-order valence-electron chi connectivity index (χ1n) is 10.7. The van der Waals surface area contributed by atoms with E-state index in [4.69, 9.17) is 17.0 Å². The van der Waals surface area contributed by atoms with E-state index in [9.17, 15) is 4.79 Å². The van der Waals surface area contributed by atoms with Crippen molar-refractivity contribution >= 4 is 29.3 Å². The third-order valence-corrected chi connectivity index (χ3v) is 6.95. The smallest absolute Gasteiger partial charge is 0.273 e. The van der Waals surface area contributed by atoms with Crippen molar-refractivity contribution in [2.75, 3.05) is 7.11 Å². The lowest BCUT2D eigenvalue weighted by molar-refractivity contribution is -0.115. The van der Waals surface area contributed by atoms with Gasteiger partial charge >= 0.3 is 0 Å². The summed E-state index contributed by atoms with van der Waals surface area (Å²) >= 11 is 5.04. The SMILES string of the molecule is COc1ccc(/C=C2\NC(=S)NC2=O)cc1-c1cc2c(cc1C)C(C)(C)CCC2(C)C. The molecule has 2 N–H and O–H groups in total. The van der Waals surface area contributed by atoms with E-state index in [1.54, 1.807) is 7.11 Å². The van der Waals surface area contributed by atoms with Crippen LogP contribution in [0.25, 0.3) is 17.2 Å². The first kappa shape index (κ1) is 21.6. The van der Waals surface area contributed by atoms with Crippen LogP contribution in [0.4, 0.5) is 0 Å². The molecule has 1 heterocycles. The van der Waals surface area contributed by atoms with Crippen LogP contribution in [-0.2, 0) is 15.6 Å². The molecule has 4 rings (SSSR count). The average Bonchev–Trinajstić information content (AvgIpc) is 3.02. The third kappa shape index (κ3) is 3.87. The number of carbonyl (C=O) groups excluding carboxylic acids is 1. The van der Waals surface area contributed by atoms with Crippen LogP contribution in [0.5, 0.6) is 5.75 Å². The number of aryl methyl sites for hydroxylation is 1. The maximum Gasteiger partial charge on any atom is 0.273 e. The molecule has 0 bridgehead atoms. The number of carbonyl (C=O) groups is 1. The van der Waals surface area contributed by atoms with Gasteiger partial charge in [0.15, 0.2) is 5.11 Å². The largest absolute Gasteiger partial charge is 0.496 e. The van der Waals surface area contributed by atoms with E-state index in [1.807, 2.05) is 18.2 Å². The highest BCUT2D eigenvalue weighted by atomic mass is 32.1. The minimum atomic E-state index is -0.212. The van der Waals surface area contributed by atoms with E-state index in [1.165, 1.54) is 35.1 Å². The zero-order valence-corrected chi connectivity index (χ0v) is 19.9. The van der Waals surface area contributed by atoms with Gasteiger partial charge in [0.25, 0.3) is 5.91 Å². The topological polar surface area (TPSA) is 50.4 Å². The molecular formula is C26H30N2O2S. The second-order valence-electron chi connectivity index (χ2n) is 9.91. The maximum atomic E-state index is 12.1. The molecule has 1 aliphatic carbocycles. The van der Waals surface area contributed by atoms with E-state index < -0.39 is 0 Å². The fourth-order valence-corrected chi connectivity index (χ4v) is 4.89. The highest BCUT2D eigenvalue weighted by Gasteiger charge is 2.37. The van der Waals surface area contributed by atoms with E-state index in [0.29, 0.717) is 10.8 Å². The Kier molecular flexibility index (Phi) is 5.21.